The molecule has 4 rings (SSSR count). The summed E-state index contributed by atoms with van der Waals surface area (Å²) in [4.78, 5) is 29.9. The van der Waals surface area contributed by atoms with E-state index >= 15 is 0 Å². The second-order valence-corrected chi connectivity index (χ2v) is 6.31. The number of nitrogens with one attached hydrogen (secondary N) is 1. The minimum absolute atomic E-state index is 0.285. The number of fused-ring (bicyclic) bond motifs is 1. The highest BCUT2D eigenvalue weighted by Gasteiger charge is 2.22. The summed E-state index contributed by atoms with van der Waals surface area (Å²) in [5.41, 5.74) is 1.07. The number of anilines is 1. The first kappa shape index (κ1) is 17.5. The first-order valence-corrected chi connectivity index (χ1v) is 8.75. The molecule has 2 heterocycles. The summed E-state index contributed by atoms with van der Waals surface area (Å²) in [7, 11) is 0. The lowest BCUT2D eigenvalue weighted by Gasteiger charge is -2.15. The largest absolute Gasteiger partial charge is 0.506 e. The average molecular weight is 371 g/mol. The molecule has 0 aliphatic rings. The molecule has 0 unspecified atom stereocenters. The zero-order valence-electron chi connectivity index (χ0n) is 14.9. The van der Waals surface area contributed by atoms with Crippen LogP contribution in [0.15, 0.2) is 83.9 Å². The molecule has 2 aromatic carbocycles. The Hall–Kier alpha value is -3.93. The molecule has 138 valence electrons. The van der Waals surface area contributed by atoms with E-state index in [0.29, 0.717) is 16.6 Å². The highest BCUT2D eigenvalue weighted by atomic mass is 16.3. The van der Waals surface area contributed by atoms with E-state index in [1.54, 1.807) is 42.6 Å². The van der Waals surface area contributed by atoms with Crippen molar-refractivity contribution in [3.8, 4) is 5.75 Å². The molecule has 0 fully saturated rings. The van der Waals surface area contributed by atoms with Gasteiger partial charge in [-0.15, -0.1) is 0 Å². The second kappa shape index (κ2) is 7.36. The summed E-state index contributed by atoms with van der Waals surface area (Å²) in [5.74, 6) is -1.01. The van der Waals surface area contributed by atoms with Crippen molar-refractivity contribution in [2.75, 3.05) is 5.32 Å². The number of amides is 1. The molecule has 0 bridgehead atoms. The molecular formula is C22H17N3O3. The van der Waals surface area contributed by atoms with Gasteiger partial charge in [-0.2, -0.15) is 0 Å². The van der Waals surface area contributed by atoms with Crippen LogP contribution in [0, 0.1) is 0 Å². The molecule has 6 nitrogen and oxygen atoms in total. The molecule has 0 saturated heterocycles. The summed E-state index contributed by atoms with van der Waals surface area (Å²) in [6.07, 6.45) is 3.05. The monoisotopic (exact) mass is 371 g/mol. The lowest BCUT2D eigenvalue weighted by Crippen LogP contribution is -2.30. The normalized spacial score (nSPS) is 10.7. The molecular weight excluding hydrogens is 354 g/mol. The van der Waals surface area contributed by atoms with E-state index in [1.807, 2.05) is 30.3 Å². The Bertz CT molecular complexity index is 1200. The lowest BCUT2D eigenvalue weighted by atomic mass is 10.1. The van der Waals surface area contributed by atoms with Gasteiger partial charge in [-0.1, -0.05) is 42.5 Å². The Morgan fingerprint density at radius 1 is 1.00 bits per heavy atom. The summed E-state index contributed by atoms with van der Waals surface area (Å²) >= 11 is 0. The summed E-state index contributed by atoms with van der Waals surface area (Å²) < 4.78 is 1.50. The van der Waals surface area contributed by atoms with E-state index in [4.69, 9.17) is 0 Å². The van der Waals surface area contributed by atoms with Crippen molar-refractivity contribution in [1.82, 2.24) is 9.55 Å². The molecule has 0 saturated carbocycles. The van der Waals surface area contributed by atoms with Gasteiger partial charge < -0.3 is 15.0 Å². The van der Waals surface area contributed by atoms with Crippen molar-refractivity contribution in [1.29, 1.82) is 0 Å². The third kappa shape index (κ3) is 3.23. The van der Waals surface area contributed by atoms with E-state index in [2.05, 4.69) is 10.3 Å². The zero-order chi connectivity index (χ0) is 19.5. The Labute approximate surface area is 160 Å². The molecule has 0 aliphatic carbocycles. The lowest BCUT2D eigenvalue weighted by molar-refractivity contribution is 0.102. The first-order valence-electron chi connectivity index (χ1n) is 8.75. The van der Waals surface area contributed by atoms with Crippen molar-refractivity contribution in [2.45, 2.75) is 6.54 Å². The predicted octanol–water partition coefficient (Wildman–Crippen LogP) is 3.40. The number of benzene rings is 2. The zero-order valence-corrected chi connectivity index (χ0v) is 14.9. The Kier molecular flexibility index (Phi) is 4.60. The SMILES string of the molecule is O=C(Nc1cccnc1)c1c(O)c2ccccc2n(Cc2ccccc2)c1=O. The summed E-state index contributed by atoms with van der Waals surface area (Å²) in [6.45, 7) is 0.285. The molecule has 6 heteroatoms. The van der Waals surface area contributed by atoms with Gasteiger partial charge in [0.15, 0.2) is 0 Å². The van der Waals surface area contributed by atoms with Crippen LogP contribution in [-0.2, 0) is 6.54 Å². The van der Waals surface area contributed by atoms with Gasteiger partial charge in [0.1, 0.15) is 11.3 Å². The van der Waals surface area contributed by atoms with Crippen LogP contribution in [0.2, 0.25) is 0 Å². The molecule has 0 aliphatic heterocycles. The fraction of sp³-hybridized carbons (Fsp3) is 0.0455. The van der Waals surface area contributed by atoms with Crippen LogP contribution in [-0.4, -0.2) is 20.6 Å². The van der Waals surface area contributed by atoms with Crippen molar-refractivity contribution in [3.63, 3.8) is 0 Å². The third-order valence-corrected chi connectivity index (χ3v) is 4.48. The average Bonchev–Trinajstić information content (AvgIpc) is 2.73. The van der Waals surface area contributed by atoms with Crippen LogP contribution in [0.3, 0.4) is 0 Å². The van der Waals surface area contributed by atoms with Crippen molar-refractivity contribution in [2.24, 2.45) is 0 Å². The number of pyridine rings is 2. The topological polar surface area (TPSA) is 84.2 Å². The van der Waals surface area contributed by atoms with Gasteiger partial charge in [0.25, 0.3) is 11.5 Å². The van der Waals surface area contributed by atoms with Crippen molar-refractivity contribution < 1.29 is 9.90 Å². The third-order valence-electron chi connectivity index (χ3n) is 4.48. The van der Waals surface area contributed by atoms with Crippen LogP contribution in [0.1, 0.15) is 15.9 Å². The number of hydrogen-bond acceptors (Lipinski definition) is 4. The van der Waals surface area contributed by atoms with E-state index < -0.39 is 11.5 Å². The number of nitrogens with zero attached hydrogens (tertiary/aromatic N) is 2. The fourth-order valence-corrected chi connectivity index (χ4v) is 3.15. The van der Waals surface area contributed by atoms with Gasteiger partial charge in [0, 0.05) is 11.6 Å². The summed E-state index contributed by atoms with van der Waals surface area (Å²) in [5, 5.41) is 13.7. The van der Waals surface area contributed by atoms with E-state index in [0.717, 1.165) is 5.56 Å². The van der Waals surface area contributed by atoms with Gasteiger partial charge in [-0.25, -0.2) is 0 Å². The van der Waals surface area contributed by atoms with Gasteiger partial charge in [0.05, 0.1) is 23.9 Å². The van der Waals surface area contributed by atoms with Crippen LogP contribution in [0.4, 0.5) is 5.69 Å². The van der Waals surface area contributed by atoms with E-state index in [1.165, 1.54) is 10.8 Å². The maximum absolute atomic E-state index is 13.2. The Balaban J connectivity index is 1.87. The second-order valence-electron chi connectivity index (χ2n) is 6.31. The molecule has 1 amide bonds. The molecule has 4 aromatic rings. The summed E-state index contributed by atoms with van der Waals surface area (Å²) in [6, 6.07) is 19.8. The van der Waals surface area contributed by atoms with E-state index in [-0.39, 0.29) is 17.9 Å². The molecule has 0 atom stereocenters. The Morgan fingerprint density at radius 3 is 2.50 bits per heavy atom. The number of aromatic hydroxyl groups is 1. The number of aromatic nitrogens is 2. The van der Waals surface area contributed by atoms with Gasteiger partial charge in [0.2, 0.25) is 0 Å². The number of para-hydroxylation sites is 1. The van der Waals surface area contributed by atoms with Gasteiger partial charge in [-0.3, -0.25) is 14.6 Å². The minimum atomic E-state index is -0.678. The predicted molar refractivity (Wildman–Crippen MR) is 108 cm³/mol. The number of hydrogen-bond donors (Lipinski definition) is 2. The first-order chi connectivity index (χ1) is 13.6. The smallest absolute Gasteiger partial charge is 0.268 e. The maximum atomic E-state index is 13.2. The highest BCUT2D eigenvalue weighted by molar-refractivity contribution is 6.09. The molecule has 28 heavy (non-hydrogen) atoms. The maximum Gasteiger partial charge on any atom is 0.268 e. The quantitative estimate of drug-likeness (QED) is 0.576. The molecule has 2 aromatic heterocycles. The van der Waals surface area contributed by atoms with Crippen LogP contribution in [0.5, 0.6) is 5.75 Å². The number of carbonyl (C=O) groups is 1. The number of carbonyl (C=O) groups excluding carboxylic acids is 1. The standard InChI is InChI=1S/C22H17N3O3/c26-20-17-10-4-5-11-18(17)25(14-15-7-2-1-3-8-15)22(28)19(20)21(27)24-16-9-6-12-23-13-16/h1-13,26H,14H2,(H,24,27). The van der Waals surface area contributed by atoms with Crippen LogP contribution >= 0.6 is 0 Å². The number of rotatable bonds is 4. The fourth-order valence-electron chi connectivity index (χ4n) is 3.15. The van der Waals surface area contributed by atoms with Crippen molar-refractivity contribution >= 4 is 22.5 Å². The van der Waals surface area contributed by atoms with Crippen molar-refractivity contribution in [3.05, 3.63) is 101 Å². The van der Waals surface area contributed by atoms with Crippen LogP contribution in [0.25, 0.3) is 10.9 Å². The van der Waals surface area contributed by atoms with Gasteiger partial charge in [-0.05, 0) is 29.8 Å². The van der Waals surface area contributed by atoms with Gasteiger partial charge >= 0.3 is 0 Å². The molecule has 2 N–H and O–H groups in total. The highest BCUT2D eigenvalue weighted by Crippen LogP contribution is 2.27. The minimum Gasteiger partial charge on any atom is -0.506 e. The van der Waals surface area contributed by atoms with Crippen LogP contribution < -0.4 is 10.9 Å². The Morgan fingerprint density at radius 2 is 1.75 bits per heavy atom. The molecule has 0 spiro atoms. The molecule has 0 radical (unpaired) electrons. The van der Waals surface area contributed by atoms with E-state index in [9.17, 15) is 14.7 Å².